The molecule has 1 N–H and O–H groups in total. The van der Waals surface area contributed by atoms with E-state index in [1.807, 2.05) is 13.0 Å². The topological polar surface area (TPSA) is 79.7 Å². The van der Waals surface area contributed by atoms with E-state index in [9.17, 15) is 14.7 Å². The second kappa shape index (κ2) is 8.73. The molecule has 0 aliphatic carbocycles. The number of aliphatic hydroxyl groups is 1. The highest BCUT2D eigenvalue weighted by Crippen LogP contribution is 2.42. The van der Waals surface area contributed by atoms with Crippen LogP contribution in [-0.2, 0) is 9.59 Å². The zero-order valence-electron chi connectivity index (χ0n) is 16.7. The van der Waals surface area contributed by atoms with Crippen LogP contribution in [0.25, 0.3) is 5.76 Å². The molecule has 1 saturated heterocycles. The van der Waals surface area contributed by atoms with Gasteiger partial charge in [-0.15, -0.1) is 0 Å². The smallest absolute Gasteiger partial charge is 0.300 e. The third-order valence-electron chi connectivity index (χ3n) is 4.95. The molecule has 1 aliphatic rings. The number of nitrogens with zero attached hydrogens (tertiary/aromatic N) is 2. The van der Waals surface area contributed by atoms with Crippen molar-refractivity contribution in [1.29, 1.82) is 0 Å². The summed E-state index contributed by atoms with van der Waals surface area (Å²) in [4.78, 5) is 31.7. The van der Waals surface area contributed by atoms with Crippen LogP contribution in [0.2, 0.25) is 0 Å². The Hall–Kier alpha value is -3.45. The molecule has 0 bridgehead atoms. The van der Waals surface area contributed by atoms with Crippen LogP contribution in [0, 0.1) is 0 Å². The molecule has 3 aromatic rings. The number of carbonyl (C=O) groups is 2. The molecule has 31 heavy (non-hydrogen) atoms. The van der Waals surface area contributed by atoms with E-state index in [4.69, 9.17) is 4.74 Å². The predicted octanol–water partition coefficient (Wildman–Crippen LogP) is 4.87. The number of amides is 1. The number of anilines is 1. The van der Waals surface area contributed by atoms with Crippen molar-refractivity contribution in [1.82, 2.24) is 4.98 Å². The first-order valence-corrected chi connectivity index (χ1v) is 10.5. The summed E-state index contributed by atoms with van der Waals surface area (Å²) in [7, 11) is 0. The number of aliphatic hydroxyl groups excluding tert-OH is 1. The number of carbonyl (C=O) groups excluding carboxylic acids is 2. The second-order valence-corrected chi connectivity index (χ2v) is 7.81. The van der Waals surface area contributed by atoms with E-state index in [0.29, 0.717) is 29.2 Å². The summed E-state index contributed by atoms with van der Waals surface area (Å²) in [6.45, 7) is 2.33. The molecule has 1 aromatic heterocycles. The zero-order chi connectivity index (χ0) is 22.0. The van der Waals surface area contributed by atoms with Crippen LogP contribution in [0.3, 0.4) is 0 Å². The number of ketones is 1. The number of hydrogen-bond acceptors (Lipinski definition) is 5. The predicted molar refractivity (Wildman–Crippen MR) is 121 cm³/mol. The maximum Gasteiger partial charge on any atom is 0.300 e. The van der Waals surface area contributed by atoms with Gasteiger partial charge in [0, 0.05) is 28.1 Å². The Kier molecular flexibility index (Phi) is 5.86. The number of rotatable bonds is 5. The first-order chi connectivity index (χ1) is 15.0. The lowest BCUT2D eigenvalue weighted by Crippen LogP contribution is -2.29. The highest BCUT2D eigenvalue weighted by Gasteiger charge is 2.47. The van der Waals surface area contributed by atoms with Crippen molar-refractivity contribution in [2.24, 2.45) is 0 Å². The molecule has 7 heteroatoms. The first kappa shape index (κ1) is 20.8. The Morgan fingerprint density at radius 1 is 1.13 bits per heavy atom. The molecule has 1 amide bonds. The zero-order valence-corrected chi connectivity index (χ0v) is 18.2. The van der Waals surface area contributed by atoms with Crippen molar-refractivity contribution < 1.29 is 19.4 Å². The minimum Gasteiger partial charge on any atom is -0.507 e. The third kappa shape index (κ3) is 3.96. The standard InChI is InChI=1S/C24H19BrN2O4/c1-2-31-19-10-3-6-15(12-19)22(28)20-21(16-7-5-11-26-14-16)27(24(30)23(20)29)18-9-4-8-17(25)13-18/h3-14,21,28H,2H2,1H3/b22-20+. The minimum absolute atomic E-state index is 0.00613. The van der Waals surface area contributed by atoms with Gasteiger partial charge in [-0.2, -0.15) is 0 Å². The van der Waals surface area contributed by atoms with Crippen LogP contribution in [-0.4, -0.2) is 28.4 Å². The van der Waals surface area contributed by atoms with Gasteiger partial charge in [0.1, 0.15) is 11.5 Å². The minimum atomic E-state index is -0.821. The van der Waals surface area contributed by atoms with Gasteiger partial charge < -0.3 is 9.84 Å². The van der Waals surface area contributed by atoms with E-state index >= 15 is 0 Å². The summed E-state index contributed by atoms with van der Waals surface area (Å²) >= 11 is 3.41. The number of aromatic nitrogens is 1. The molecule has 0 radical (unpaired) electrons. The molecule has 1 unspecified atom stereocenters. The molecule has 0 spiro atoms. The molecule has 0 saturated carbocycles. The van der Waals surface area contributed by atoms with Gasteiger partial charge in [-0.3, -0.25) is 19.5 Å². The highest BCUT2D eigenvalue weighted by molar-refractivity contribution is 9.10. The van der Waals surface area contributed by atoms with Crippen LogP contribution in [0.4, 0.5) is 5.69 Å². The van der Waals surface area contributed by atoms with Crippen molar-refractivity contribution >= 4 is 39.1 Å². The molecule has 2 aromatic carbocycles. The summed E-state index contributed by atoms with van der Waals surface area (Å²) in [5, 5.41) is 11.1. The van der Waals surface area contributed by atoms with Gasteiger partial charge in [0.2, 0.25) is 0 Å². The summed E-state index contributed by atoms with van der Waals surface area (Å²) < 4.78 is 6.28. The number of hydrogen-bond donors (Lipinski definition) is 1. The molecule has 156 valence electrons. The van der Waals surface area contributed by atoms with E-state index in [2.05, 4.69) is 20.9 Å². The summed E-state index contributed by atoms with van der Waals surface area (Å²) in [6.07, 6.45) is 3.20. The Balaban J connectivity index is 1.92. The number of Topliss-reactive ketones (excluding diaryl/α,β-unsaturated/α-hetero) is 1. The SMILES string of the molecule is CCOc1cccc(/C(O)=C2\C(=O)C(=O)N(c3cccc(Br)c3)C2c2cccnc2)c1. The first-order valence-electron chi connectivity index (χ1n) is 9.71. The molecule has 2 heterocycles. The summed E-state index contributed by atoms with van der Waals surface area (Å²) in [6, 6.07) is 16.6. The van der Waals surface area contributed by atoms with Crippen LogP contribution in [0.15, 0.2) is 83.1 Å². The Bertz CT molecular complexity index is 1180. The van der Waals surface area contributed by atoms with Crippen LogP contribution >= 0.6 is 15.9 Å². The highest BCUT2D eigenvalue weighted by atomic mass is 79.9. The van der Waals surface area contributed by atoms with Crippen molar-refractivity contribution in [2.75, 3.05) is 11.5 Å². The van der Waals surface area contributed by atoms with Gasteiger partial charge in [-0.25, -0.2) is 0 Å². The number of ether oxygens (including phenoxy) is 1. The fraction of sp³-hybridized carbons (Fsp3) is 0.125. The fourth-order valence-electron chi connectivity index (χ4n) is 3.63. The Morgan fingerprint density at radius 2 is 1.94 bits per heavy atom. The molecule has 1 fully saturated rings. The maximum absolute atomic E-state index is 13.1. The largest absolute Gasteiger partial charge is 0.507 e. The van der Waals surface area contributed by atoms with Crippen LogP contribution < -0.4 is 9.64 Å². The molecular weight excluding hydrogens is 460 g/mol. The second-order valence-electron chi connectivity index (χ2n) is 6.90. The molecular formula is C24H19BrN2O4. The number of halogens is 1. The molecule has 4 rings (SSSR count). The van der Waals surface area contributed by atoms with Gasteiger partial charge in [0.15, 0.2) is 0 Å². The van der Waals surface area contributed by atoms with E-state index in [0.717, 1.165) is 4.47 Å². The van der Waals surface area contributed by atoms with Crippen molar-refractivity contribution in [3.05, 3.63) is 94.2 Å². The van der Waals surface area contributed by atoms with Crippen molar-refractivity contribution in [3.63, 3.8) is 0 Å². The van der Waals surface area contributed by atoms with Crippen LogP contribution in [0.5, 0.6) is 5.75 Å². The lowest BCUT2D eigenvalue weighted by atomic mass is 9.96. The van der Waals surface area contributed by atoms with Crippen LogP contribution in [0.1, 0.15) is 24.1 Å². The van der Waals surface area contributed by atoms with Gasteiger partial charge >= 0.3 is 0 Å². The monoisotopic (exact) mass is 478 g/mol. The Labute approximate surface area is 187 Å². The van der Waals surface area contributed by atoms with E-state index in [1.54, 1.807) is 67.0 Å². The van der Waals surface area contributed by atoms with Crippen molar-refractivity contribution in [2.45, 2.75) is 13.0 Å². The van der Waals surface area contributed by atoms with Gasteiger partial charge in [-0.05, 0) is 48.9 Å². The van der Waals surface area contributed by atoms with Gasteiger partial charge in [0.05, 0.1) is 18.2 Å². The molecule has 1 atom stereocenters. The lowest BCUT2D eigenvalue weighted by Gasteiger charge is -2.25. The van der Waals surface area contributed by atoms with Crippen molar-refractivity contribution in [3.8, 4) is 5.75 Å². The lowest BCUT2D eigenvalue weighted by molar-refractivity contribution is -0.132. The summed E-state index contributed by atoms with van der Waals surface area (Å²) in [5.41, 5.74) is 1.55. The summed E-state index contributed by atoms with van der Waals surface area (Å²) in [5.74, 6) is -1.17. The number of benzene rings is 2. The Morgan fingerprint density at radius 3 is 2.65 bits per heavy atom. The normalized spacial score (nSPS) is 17.7. The average Bonchev–Trinajstić information content (AvgIpc) is 3.05. The van der Waals surface area contributed by atoms with Gasteiger partial charge in [-0.1, -0.05) is 40.2 Å². The molecule has 1 aliphatic heterocycles. The maximum atomic E-state index is 13.1. The quantitative estimate of drug-likeness (QED) is 0.321. The van der Waals surface area contributed by atoms with Gasteiger partial charge in [0.25, 0.3) is 11.7 Å². The van der Waals surface area contributed by atoms with E-state index < -0.39 is 17.7 Å². The fourth-order valence-corrected chi connectivity index (χ4v) is 4.02. The average molecular weight is 479 g/mol. The molecule has 6 nitrogen and oxygen atoms in total. The number of pyridine rings is 1. The van der Waals surface area contributed by atoms with E-state index in [1.165, 1.54) is 4.90 Å². The third-order valence-corrected chi connectivity index (χ3v) is 5.44. The van der Waals surface area contributed by atoms with E-state index in [-0.39, 0.29) is 11.3 Å².